The topological polar surface area (TPSA) is 98.1 Å². The number of aliphatic carboxylic acids is 1. The second-order valence-corrected chi connectivity index (χ2v) is 3.65. The average Bonchev–Trinajstić information content (AvgIpc) is 2.27. The van der Waals surface area contributed by atoms with Crippen LogP contribution in [0.25, 0.3) is 10.4 Å². The number of nitrogens with one attached hydrogen (secondary N) is 1. The molecule has 0 saturated heterocycles. The van der Waals surface area contributed by atoms with Gasteiger partial charge in [0.2, 0.25) is 0 Å². The van der Waals surface area contributed by atoms with Crippen molar-refractivity contribution in [1.82, 2.24) is 5.32 Å². The van der Waals surface area contributed by atoms with Crippen LogP contribution in [0.15, 0.2) is 5.11 Å². The molecule has 0 spiro atoms. The van der Waals surface area contributed by atoms with E-state index >= 15 is 0 Å². The van der Waals surface area contributed by atoms with Gasteiger partial charge in [0, 0.05) is 11.5 Å². The number of carbonyl (C=O) groups is 1. The molecule has 0 aromatic carbocycles. The first-order chi connectivity index (χ1) is 7.67. The highest BCUT2D eigenvalue weighted by Crippen LogP contribution is 2.13. The van der Waals surface area contributed by atoms with Crippen molar-refractivity contribution in [3.05, 3.63) is 10.4 Å². The second-order valence-electron chi connectivity index (χ2n) is 3.65. The summed E-state index contributed by atoms with van der Waals surface area (Å²) in [7, 11) is 0. The molecule has 0 amide bonds. The van der Waals surface area contributed by atoms with Gasteiger partial charge in [0.1, 0.15) is 6.04 Å². The summed E-state index contributed by atoms with van der Waals surface area (Å²) in [6.45, 7) is 4.95. The lowest BCUT2D eigenvalue weighted by molar-refractivity contribution is -0.141. The molecule has 6 nitrogen and oxygen atoms in total. The van der Waals surface area contributed by atoms with Crippen molar-refractivity contribution in [2.75, 3.05) is 13.1 Å². The standard InChI is InChI=1S/C10H20N4O2/c1-3-8(4-2)9(10(15)16)12-6-5-7-13-14-11/h8-9,12H,3-7H2,1-2H3,(H,15,16). The molecule has 0 fully saturated rings. The fourth-order valence-electron chi connectivity index (χ4n) is 1.67. The van der Waals surface area contributed by atoms with Crippen molar-refractivity contribution < 1.29 is 9.90 Å². The number of nitrogens with zero attached hydrogens (tertiary/aromatic N) is 3. The average molecular weight is 228 g/mol. The van der Waals surface area contributed by atoms with E-state index in [2.05, 4.69) is 15.3 Å². The van der Waals surface area contributed by atoms with Gasteiger partial charge < -0.3 is 10.4 Å². The number of carboxylic acids is 1. The summed E-state index contributed by atoms with van der Waals surface area (Å²) in [5.41, 5.74) is 8.07. The molecule has 0 heterocycles. The summed E-state index contributed by atoms with van der Waals surface area (Å²) in [4.78, 5) is 13.7. The largest absolute Gasteiger partial charge is 0.480 e. The molecule has 0 rings (SSSR count). The van der Waals surface area contributed by atoms with Crippen molar-refractivity contribution in [2.24, 2.45) is 11.0 Å². The quantitative estimate of drug-likeness (QED) is 0.274. The van der Waals surface area contributed by atoms with E-state index in [0.29, 0.717) is 19.5 Å². The Hall–Kier alpha value is -1.26. The third-order valence-corrected chi connectivity index (χ3v) is 2.65. The number of hydrogen-bond acceptors (Lipinski definition) is 3. The number of carboxylic acid groups (broad SMARTS) is 1. The molecule has 0 aliphatic carbocycles. The maximum atomic E-state index is 11.0. The highest BCUT2D eigenvalue weighted by atomic mass is 16.4. The smallest absolute Gasteiger partial charge is 0.320 e. The number of azide groups is 1. The summed E-state index contributed by atoms with van der Waals surface area (Å²) in [5.74, 6) is -0.658. The Morgan fingerprint density at radius 2 is 2.12 bits per heavy atom. The fourth-order valence-corrected chi connectivity index (χ4v) is 1.67. The SMILES string of the molecule is CCC(CC)C(NCCCN=[N+]=[N-])C(=O)O. The van der Waals surface area contributed by atoms with Crippen LogP contribution >= 0.6 is 0 Å². The van der Waals surface area contributed by atoms with E-state index in [1.807, 2.05) is 13.8 Å². The van der Waals surface area contributed by atoms with Crippen LogP contribution in [0.4, 0.5) is 0 Å². The van der Waals surface area contributed by atoms with Crippen LogP contribution in [0, 0.1) is 5.92 Å². The van der Waals surface area contributed by atoms with Crippen LogP contribution in [0.5, 0.6) is 0 Å². The molecule has 92 valence electrons. The van der Waals surface area contributed by atoms with Crippen molar-refractivity contribution in [1.29, 1.82) is 0 Å². The van der Waals surface area contributed by atoms with E-state index in [9.17, 15) is 4.79 Å². The van der Waals surface area contributed by atoms with Crippen molar-refractivity contribution in [3.8, 4) is 0 Å². The van der Waals surface area contributed by atoms with Crippen LogP contribution in [0.2, 0.25) is 0 Å². The van der Waals surface area contributed by atoms with Gasteiger partial charge in [0.25, 0.3) is 0 Å². The first-order valence-electron chi connectivity index (χ1n) is 5.64. The molecule has 6 heteroatoms. The van der Waals surface area contributed by atoms with Crippen molar-refractivity contribution in [3.63, 3.8) is 0 Å². The predicted octanol–water partition coefficient (Wildman–Crippen LogP) is 2.17. The lowest BCUT2D eigenvalue weighted by Crippen LogP contribution is -2.43. The van der Waals surface area contributed by atoms with Crippen LogP contribution in [0.3, 0.4) is 0 Å². The fraction of sp³-hybridized carbons (Fsp3) is 0.900. The van der Waals surface area contributed by atoms with Crippen LogP contribution in [0.1, 0.15) is 33.1 Å². The minimum Gasteiger partial charge on any atom is -0.480 e. The van der Waals surface area contributed by atoms with Gasteiger partial charge in [0.15, 0.2) is 0 Å². The molecule has 2 N–H and O–H groups in total. The Bertz CT molecular complexity index is 247. The van der Waals surface area contributed by atoms with E-state index in [-0.39, 0.29) is 5.92 Å². The molecule has 0 aliphatic rings. The summed E-state index contributed by atoms with van der Waals surface area (Å²) < 4.78 is 0. The zero-order valence-electron chi connectivity index (χ0n) is 9.89. The van der Waals surface area contributed by atoms with E-state index in [4.69, 9.17) is 10.6 Å². The summed E-state index contributed by atoms with van der Waals surface area (Å²) in [5, 5.41) is 15.5. The maximum absolute atomic E-state index is 11.0. The Labute approximate surface area is 95.7 Å². The normalized spacial score (nSPS) is 12.2. The lowest BCUT2D eigenvalue weighted by atomic mass is 9.94. The Morgan fingerprint density at radius 1 is 1.50 bits per heavy atom. The molecule has 0 saturated carbocycles. The highest BCUT2D eigenvalue weighted by Gasteiger charge is 2.24. The van der Waals surface area contributed by atoms with Gasteiger partial charge in [0.05, 0.1) is 0 Å². The molecule has 16 heavy (non-hydrogen) atoms. The van der Waals surface area contributed by atoms with E-state index in [1.54, 1.807) is 0 Å². The van der Waals surface area contributed by atoms with Gasteiger partial charge in [-0.2, -0.15) is 0 Å². The first-order valence-corrected chi connectivity index (χ1v) is 5.64. The molecule has 1 unspecified atom stereocenters. The molecule has 0 aliphatic heterocycles. The molecule has 0 aromatic rings. The summed E-state index contributed by atoms with van der Waals surface area (Å²) in [6, 6.07) is -0.499. The maximum Gasteiger partial charge on any atom is 0.320 e. The Balaban J connectivity index is 4.03. The van der Waals surface area contributed by atoms with E-state index in [1.165, 1.54) is 0 Å². The Morgan fingerprint density at radius 3 is 2.56 bits per heavy atom. The van der Waals surface area contributed by atoms with E-state index < -0.39 is 12.0 Å². The zero-order chi connectivity index (χ0) is 12.4. The van der Waals surface area contributed by atoms with E-state index in [0.717, 1.165) is 12.8 Å². The zero-order valence-corrected chi connectivity index (χ0v) is 9.89. The molecule has 0 bridgehead atoms. The van der Waals surface area contributed by atoms with Gasteiger partial charge in [-0.15, -0.1) is 0 Å². The summed E-state index contributed by atoms with van der Waals surface area (Å²) >= 11 is 0. The molecule has 0 radical (unpaired) electrons. The molecule has 1 atom stereocenters. The minimum absolute atomic E-state index is 0.150. The van der Waals surface area contributed by atoms with Gasteiger partial charge in [-0.1, -0.05) is 31.8 Å². The van der Waals surface area contributed by atoms with Crippen LogP contribution in [-0.4, -0.2) is 30.2 Å². The van der Waals surface area contributed by atoms with Gasteiger partial charge in [-0.05, 0) is 24.4 Å². The predicted molar refractivity (Wildman–Crippen MR) is 62.1 cm³/mol. The molecule has 0 aromatic heterocycles. The van der Waals surface area contributed by atoms with Gasteiger partial charge >= 0.3 is 5.97 Å². The third kappa shape index (κ3) is 5.58. The number of hydrogen-bond donors (Lipinski definition) is 2. The third-order valence-electron chi connectivity index (χ3n) is 2.65. The lowest BCUT2D eigenvalue weighted by Gasteiger charge is -2.22. The van der Waals surface area contributed by atoms with Crippen LogP contribution in [-0.2, 0) is 4.79 Å². The van der Waals surface area contributed by atoms with Gasteiger partial charge in [-0.25, -0.2) is 0 Å². The highest BCUT2D eigenvalue weighted by molar-refractivity contribution is 5.73. The monoisotopic (exact) mass is 228 g/mol. The molecular weight excluding hydrogens is 208 g/mol. The summed E-state index contributed by atoms with van der Waals surface area (Å²) in [6.07, 6.45) is 2.35. The second kappa shape index (κ2) is 9.00. The first kappa shape index (κ1) is 14.7. The van der Waals surface area contributed by atoms with Crippen LogP contribution < -0.4 is 5.32 Å². The van der Waals surface area contributed by atoms with Gasteiger partial charge in [-0.3, -0.25) is 4.79 Å². The van der Waals surface area contributed by atoms with Crippen molar-refractivity contribution in [2.45, 2.75) is 39.2 Å². The minimum atomic E-state index is -0.808. The Kier molecular flexibility index (Phi) is 8.29. The molecular formula is C10H20N4O2. The number of rotatable bonds is 9. The van der Waals surface area contributed by atoms with Crippen molar-refractivity contribution >= 4 is 5.97 Å².